The number of aromatic nitrogens is 2. The zero-order valence-corrected chi connectivity index (χ0v) is 38.9. The number of unbranched alkanes of at least 4 members (excludes halogenated alkanes) is 1. The first-order valence-electron chi connectivity index (χ1n) is 22.4. The van der Waals surface area contributed by atoms with Crippen LogP contribution >= 0.6 is 18.7 Å². The highest BCUT2D eigenvalue weighted by molar-refractivity contribution is 7.70. The van der Waals surface area contributed by atoms with Crippen molar-refractivity contribution in [3.05, 3.63) is 88.6 Å². The van der Waals surface area contributed by atoms with Gasteiger partial charge in [-0.1, -0.05) is 41.6 Å². The molecule has 1 unspecified atom stereocenters. The molecule has 3 amide bonds. The van der Waals surface area contributed by atoms with Crippen molar-refractivity contribution in [3.63, 3.8) is 0 Å². The molecule has 342 valence electrons. The first-order valence-corrected chi connectivity index (χ1v) is 25.4. The van der Waals surface area contributed by atoms with E-state index < -0.39 is 19.1 Å². The summed E-state index contributed by atoms with van der Waals surface area (Å²) in [5.74, 6) is 6.80. The summed E-state index contributed by atoms with van der Waals surface area (Å²) in [5.41, 5.74) is 4.68. The van der Waals surface area contributed by atoms with Crippen LogP contribution in [0.3, 0.4) is 0 Å². The van der Waals surface area contributed by atoms with Gasteiger partial charge in [-0.05, 0) is 93.9 Å². The molecule has 0 spiro atoms. The van der Waals surface area contributed by atoms with E-state index in [1.165, 1.54) is 6.20 Å². The fourth-order valence-electron chi connectivity index (χ4n) is 9.13. The molecule has 3 fully saturated rings. The largest absolute Gasteiger partial charge is 0.494 e. The van der Waals surface area contributed by atoms with Crippen molar-refractivity contribution < 1.29 is 28.4 Å². The van der Waals surface area contributed by atoms with E-state index in [1.54, 1.807) is 31.4 Å². The minimum atomic E-state index is -2.55. The number of anilines is 5. The number of hydrogen-bond acceptors (Lipinski definition) is 13. The number of methoxy groups -OCH3 is 1. The Labute approximate surface area is 385 Å². The van der Waals surface area contributed by atoms with E-state index in [0.29, 0.717) is 66.0 Å². The SMILES string of the molecule is COc1cc(N2CCC(N3CCN(CCCCOCC#Cc4cccc5c4CN(C4CCC(=O)NC4=O)C5=O)CC3)CC2)ccc1Nc1ncc(Cl)c(Nc2ccccc2P(C)(C)=O)n1. The lowest BCUT2D eigenvalue weighted by Gasteiger charge is -2.43. The topological polar surface area (TPSA) is 162 Å². The van der Waals surface area contributed by atoms with Gasteiger partial charge in [-0.2, -0.15) is 4.98 Å². The standard InChI is InChI=1S/C48H57ClN9O6P/c1-63-42-30-35(15-16-39(42)52-48-50-31-38(49)45(54-48)51-40-13-4-5-14-43(40)65(2,3)62)56-22-19-34(20-23-56)57-26-24-55(25-27-57)21-6-7-28-64-29-9-11-33-10-8-12-36-37(33)32-58(47(36)61)41-17-18-44(59)53-46(41)60/h4-5,8,10,12-16,30-31,34,41H,6-7,17-29,32H2,1-3H3,(H,53,59,60)(H2,50,51,52,54). The molecule has 1 aromatic heterocycles. The maximum absolute atomic E-state index is 13.1. The number of hydrogen-bond donors (Lipinski definition) is 3. The average Bonchev–Trinajstić information content (AvgIpc) is 3.64. The number of nitrogens with one attached hydrogen (secondary N) is 3. The number of carbonyl (C=O) groups is 3. The molecule has 4 aromatic rings. The van der Waals surface area contributed by atoms with Gasteiger partial charge in [0.25, 0.3) is 5.91 Å². The molecule has 8 rings (SSSR count). The van der Waals surface area contributed by atoms with Gasteiger partial charge in [-0.25, -0.2) is 4.98 Å². The number of piperazine rings is 1. The van der Waals surface area contributed by atoms with Gasteiger partial charge < -0.3 is 39.4 Å². The summed E-state index contributed by atoms with van der Waals surface area (Å²) in [5, 5.41) is 9.96. The van der Waals surface area contributed by atoms with Gasteiger partial charge in [0, 0.05) is 93.1 Å². The van der Waals surface area contributed by atoms with E-state index in [4.69, 9.17) is 21.1 Å². The molecule has 1 atom stereocenters. The van der Waals surface area contributed by atoms with Gasteiger partial charge in [-0.15, -0.1) is 0 Å². The van der Waals surface area contributed by atoms with Crippen LogP contribution in [-0.4, -0.2) is 134 Å². The molecule has 5 heterocycles. The van der Waals surface area contributed by atoms with Crippen molar-refractivity contribution in [2.75, 3.05) is 95.0 Å². The summed E-state index contributed by atoms with van der Waals surface area (Å²) in [4.78, 5) is 55.4. The summed E-state index contributed by atoms with van der Waals surface area (Å²) in [6.07, 6.45) is 6.34. The van der Waals surface area contributed by atoms with E-state index in [0.717, 1.165) is 99.3 Å². The molecule has 4 aliphatic rings. The number of halogens is 1. The minimum Gasteiger partial charge on any atom is -0.494 e. The zero-order valence-electron chi connectivity index (χ0n) is 37.3. The predicted molar refractivity (Wildman–Crippen MR) is 255 cm³/mol. The van der Waals surface area contributed by atoms with Crippen LogP contribution in [0.4, 0.5) is 28.8 Å². The molecule has 65 heavy (non-hydrogen) atoms. The maximum atomic E-state index is 13.1. The van der Waals surface area contributed by atoms with E-state index in [2.05, 4.69) is 64.6 Å². The third-order valence-electron chi connectivity index (χ3n) is 12.7. The Hall–Kier alpha value is -5.49. The number of imide groups is 1. The number of nitrogens with zero attached hydrogens (tertiary/aromatic N) is 6. The first-order chi connectivity index (χ1) is 31.4. The summed E-state index contributed by atoms with van der Waals surface area (Å²) >= 11 is 6.49. The number of carbonyl (C=O) groups excluding carboxylic acids is 3. The van der Waals surface area contributed by atoms with Crippen molar-refractivity contribution in [1.82, 2.24) is 30.0 Å². The zero-order chi connectivity index (χ0) is 45.5. The van der Waals surface area contributed by atoms with Gasteiger partial charge in [0.05, 0.1) is 24.7 Å². The Morgan fingerprint density at radius 1 is 0.923 bits per heavy atom. The van der Waals surface area contributed by atoms with Crippen molar-refractivity contribution in [3.8, 4) is 17.6 Å². The van der Waals surface area contributed by atoms with Crippen molar-refractivity contribution in [1.29, 1.82) is 0 Å². The molecule has 0 bridgehead atoms. The minimum absolute atomic E-state index is 0.198. The Balaban J connectivity index is 0.733. The van der Waals surface area contributed by atoms with Crippen LogP contribution in [-0.2, 0) is 25.4 Å². The highest BCUT2D eigenvalue weighted by Crippen LogP contribution is 2.39. The molecule has 17 heteroatoms. The normalized spacial score (nSPS) is 18.5. The van der Waals surface area contributed by atoms with Gasteiger partial charge >= 0.3 is 0 Å². The lowest BCUT2D eigenvalue weighted by molar-refractivity contribution is -0.136. The number of piperidine rings is 2. The second-order valence-corrected chi connectivity index (χ2v) is 20.9. The van der Waals surface area contributed by atoms with E-state index in [-0.39, 0.29) is 18.2 Å². The number of benzene rings is 3. The fourth-order valence-corrected chi connectivity index (χ4v) is 10.4. The van der Waals surface area contributed by atoms with Crippen molar-refractivity contribution in [2.24, 2.45) is 0 Å². The molecule has 0 radical (unpaired) electrons. The maximum Gasteiger partial charge on any atom is 0.255 e. The monoisotopic (exact) mass is 921 g/mol. The van der Waals surface area contributed by atoms with Gasteiger partial charge in [-0.3, -0.25) is 24.6 Å². The summed E-state index contributed by atoms with van der Waals surface area (Å²) in [6.45, 7) is 12.0. The van der Waals surface area contributed by atoms with E-state index in [1.807, 2.05) is 42.5 Å². The molecule has 4 aliphatic heterocycles. The number of para-hydroxylation sites is 1. The van der Waals surface area contributed by atoms with Gasteiger partial charge in [0.1, 0.15) is 30.6 Å². The summed E-state index contributed by atoms with van der Waals surface area (Å²) in [7, 11) is -0.886. The lowest BCUT2D eigenvalue weighted by Crippen LogP contribution is -2.53. The number of ether oxygens (including phenoxy) is 2. The number of fused-ring (bicyclic) bond motifs is 1. The Bertz CT molecular complexity index is 2510. The van der Waals surface area contributed by atoms with Crippen molar-refractivity contribution >= 4 is 70.6 Å². The highest BCUT2D eigenvalue weighted by Gasteiger charge is 2.39. The molecule has 0 saturated carbocycles. The average molecular weight is 922 g/mol. The van der Waals surface area contributed by atoms with Crippen LogP contribution in [0.15, 0.2) is 66.9 Å². The summed E-state index contributed by atoms with van der Waals surface area (Å²) in [6, 6.07) is 19.0. The predicted octanol–water partition coefficient (Wildman–Crippen LogP) is 6.07. The number of rotatable bonds is 15. The van der Waals surface area contributed by atoms with Gasteiger partial charge in [0.2, 0.25) is 17.8 Å². The molecule has 15 nitrogen and oxygen atoms in total. The van der Waals surface area contributed by atoms with Crippen LogP contribution < -0.4 is 30.9 Å². The molecule has 3 N–H and O–H groups in total. The number of amides is 3. The Morgan fingerprint density at radius 3 is 2.49 bits per heavy atom. The molecular formula is C48H57ClN9O6P. The second kappa shape index (κ2) is 20.8. The Morgan fingerprint density at radius 2 is 1.72 bits per heavy atom. The van der Waals surface area contributed by atoms with E-state index >= 15 is 0 Å². The third kappa shape index (κ3) is 11.1. The fraction of sp³-hybridized carbons (Fsp3) is 0.438. The van der Waals surface area contributed by atoms with Crippen molar-refractivity contribution in [2.45, 2.75) is 57.2 Å². The second-order valence-electron chi connectivity index (χ2n) is 17.3. The molecular weight excluding hydrogens is 865 g/mol. The van der Waals surface area contributed by atoms with Gasteiger partial charge in [0.15, 0.2) is 5.82 Å². The highest BCUT2D eigenvalue weighted by atomic mass is 35.5. The van der Waals surface area contributed by atoms with Crippen LogP contribution in [0, 0.1) is 11.8 Å². The van der Waals surface area contributed by atoms with E-state index in [9.17, 15) is 18.9 Å². The third-order valence-corrected chi connectivity index (χ3v) is 14.5. The molecule has 3 saturated heterocycles. The van der Waals surface area contributed by atoms with Crippen LogP contribution in [0.1, 0.15) is 60.0 Å². The molecule has 3 aromatic carbocycles. The van der Waals surface area contributed by atoms with Crippen LogP contribution in [0.2, 0.25) is 5.02 Å². The molecule has 0 aliphatic carbocycles. The van der Waals surface area contributed by atoms with Crippen LogP contribution in [0.25, 0.3) is 0 Å². The smallest absolute Gasteiger partial charge is 0.255 e. The van der Waals surface area contributed by atoms with Crippen LogP contribution in [0.5, 0.6) is 5.75 Å². The Kier molecular flexibility index (Phi) is 14.7. The quantitative estimate of drug-likeness (QED) is 0.0546. The lowest BCUT2D eigenvalue weighted by atomic mass is 10.0. The first kappa shape index (κ1) is 46.1. The summed E-state index contributed by atoms with van der Waals surface area (Å²) < 4.78 is 24.6.